The Labute approximate surface area is 87.2 Å². The van der Waals surface area contributed by atoms with Crippen molar-refractivity contribution in [2.75, 3.05) is 33.4 Å². The lowest BCUT2D eigenvalue weighted by Crippen LogP contribution is -2.39. The molecule has 0 radical (unpaired) electrons. The van der Waals surface area contributed by atoms with Crippen LogP contribution in [-0.2, 0) is 9.47 Å². The highest BCUT2D eigenvalue weighted by atomic mass is 16.5. The molecule has 1 N–H and O–H groups in total. The van der Waals surface area contributed by atoms with Gasteiger partial charge in [0.15, 0.2) is 0 Å². The summed E-state index contributed by atoms with van der Waals surface area (Å²) >= 11 is 0. The number of rotatable bonds is 5. The molecule has 1 fully saturated rings. The summed E-state index contributed by atoms with van der Waals surface area (Å²) in [7, 11) is 1.76. The fourth-order valence-electron chi connectivity index (χ4n) is 1.60. The maximum atomic E-state index is 5.34. The van der Waals surface area contributed by atoms with Gasteiger partial charge in [-0.2, -0.15) is 0 Å². The summed E-state index contributed by atoms with van der Waals surface area (Å²) in [6.07, 6.45) is 2.39. The third kappa shape index (κ3) is 4.40. The molecular weight excluding hydrogens is 178 g/mol. The second-order valence-electron chi connectivity index (χ2n) is 4.65. The predicted molar refractivity (Wildman–Crippen MR) is 57.5 cm³/mol. The van der Waals surface area contributed by atoms with Crippen LogP contribution in [0.25, 0.3) is 0 Å². The Morgan fingerprint density at radius 1 is 1.36 bits per heavy atom. The van der Waals surface area contributed by atoms with Crippen LogP contribution in [0.15, 0.2) is 0 Å². The summed E-state index contributed by atoms with van der Waals surface area (Å²) in [5.41, 5.74) is -0.0504. The van der Waals surface area contributed by atoms with Crippen molar-refractivity contribution in [1.29, 1.82) is 0 Å². The van der Waals surface area contributed by atoms with Gasteiger partial charge in [0.1, 0.15) is 0 Å². The van der Waals surface area contributed by atoms with E-state index < -0.39 is 0 Å². The van der Waals surface area contributed by atoms with E-state index in [0.29, 0.717) is 0 Å². The molecule has 0 unspecified atom stereocenters. The van der Waals surface area contributed by atoms with Crippen LogP contribution < -0.4 is 5.32 Å². The lowest BCUT2D eigenvalue weighted by atomic mass is 10.00. The van der Waals surface area contributed by atoms with Crippen molar-refractivity contribution in [3.63, 3.8) is 0 Å². The third-order valence-electron chi connectivity index (χ3n) is 2.88. The molecule has 0 saturated carbocycles. The maximum absolute atomic E-state index is 5.34. The van der Waals surface area contributed by atoms with Crippen molar-refractivity contribution in [3.8, 4) is 0 Å². The van der Waals surface area contributed by atoms with Crippen molar-refractivity contribution < 1.29 is 9.47 Å². The van der Waals surface area contributed by atoms with Gasteiger partial charge in [0.2, 0.25) is 0 Å². The fraction of sp³-hybridized carbons (Fsp3) is 1.00. The van der Waals surface area contributed by atoms with E-state index in [0.717, 1.165) is 32.2 Å². The largest absolute Gasteiger partial charge is 0.381 e. The first-order chi connectivity index (χ1) is 6.64. The number of ether oxygens (including phenoxy) is 2. The molecule has 1 saturated heterocycles. The maximum Gasteiger partial charge on any atom is 0.0746 e. The molecule has 84 valence electrons. The Kier molecular flexibility index (Phi) is 4.85. The number of hydrogen-bond acceptors (Lipinski definition) is 3. The normalized spacial score (nSPS) is 19.9. The molecule has 1 aliphatic heterocycles. The Morgan fingerprint density at radius 2 is 2.00 bits per heavy atom. The van der Waals surface area contributed by atoms with Crippen LogP contribution in [0.5, 0.6) is 0 Å². The molecule has 0 aromatic rings. The van der Waals surface area contributed by atoms with Gasteiger partial charge < -0.3 is 14.8 Å². The minimum atomic E-state index is -0.0504. The smallest absolute Gasteiger partial charge is 0.0746 e. The van der Waals surface area contributed by atoms with Crippen LogP contribution in [0.4, 0.5) is 0 Å². The van der Waals surface area contributed by atoms with E-state index >= 15 is 0 Å². The Hall–Kier alpha value is -0.120. The molecule has 0 amide bonds. The zero-order valence-corrected chi connectivity index (χ0v) is 9.64. The molecule has 1 aliphatic rings. The minimum absolute atomic E-state index is 0.0504. The summed E-state index contributed by atoms with van der Waals surface area (Å²) in [5, 5.41) is 3.47. The van der Waals surface area contributed by atoms with Crippen molar-refractivity contribution in [3.05, 3.63) is 0 Å². The number of hydrogen-bond donors (Lipinski definition) is 1. The van der Waals surface area contributed by atoms with Crippen molar-refractivity contribution in [2.45, 2.75) is 32.3 Å². The molecule has 0 aromatic carbocycles. The summed E-state index contributed by atoms with van der Waals surface area (Å²) in [4.78, 5) is 0. The highest BCUT2D eigenvalue weighted by molar-refractivity contribution is 4.73. The fourth-order valence-corrected chi connectivity index (χ4v) is 1.60. The van der Waals surface area contributed by atoms with Gasteiger partial charge in [-0.1, -0.05) is 0 Å². The molecule has 0 aliphatic carbocycles. The standard InChI is InChI=1S/C11H23NO2/c1-11(2,13-3)9-12-8-10-4-6-14-7-5-10/h10,12H,4-9H2,1-3H3. The van der Waals surface area contributed by atoms with E-state index in [-0.39, 0.29) is 5.60 Å². The van der Waals surface area contributed by atoms with Gasteiger partial charge in [-0.3, -0.25) is 0 Å². The molecule has 0 atom stereocenters. The van der Waals surface area contributed by atoms with E-state index in [1.54, 1.807) is 7.11 Å². The first-order valence-electron chi connectivity index (χ1n) is 5.48. The van der Waals surface area contributed by atoms with E-state index in [1.807, 2.05) is 0 Å². The minimum Gasteiger partial charge on any atom is -0.381 e. The van der Waals surface area contributed by atoms with E-state index in [4.69, 9.17) is 9.47 Å². The highest BCUT2D eigenvalue weighted by Gasteiger charge is 2.18. The molecule has 3 heteroatoms. The molecule has 14 heavy (non-hydrogen) atoms. The average Bonchev–Trinajstić information content (AvgIpc) is 2.19. The Morgan fingerprint density at radius 3 is 2.57 bits per heavy atom. The van der Waals surface area contributed by atoms with Crippen LogP contribution in [0.3, 0.4) is 0 Å². The van der Waals surface area contributed by atoms with E-state index in [2.05, 4.69) is 19.2 Å². The molecule has 0 bridgehead atoms. The topological polar surface area (TPSA) is 30.5 Å². The molecular formula is C11H23NO2. The van der Waals surface area contributed by atoms with Crippen molar-refractivity contribution in [1.82, 2.24) is 5.32 Å². The molecule has 1 heterocycles. The lowest BCUT2D eigenvalue weighted by Gasteiger charge is -2.26. The van der Waals surface area contributed by atoms with Crippen LogP contribution >= 0.6 is 0 Å². The lowest BCUT2D eigenvalue weighted by molar-refractivity contribution is 0.0199. The molecule has 1 rings (SSSR count). The van der Waals surface area contributed by atoms with Crippen LogP contribution in [0.1, 0.15) is 26.7 Å². The summed E-state index contributed by atoms with van der Waals surface area (Å²) in [6.45, 7) is 8.07. The van der Waals surface area contributed by atoms with Crippen LogP contribution in [0.2, 0.25) is 0 Å². The molecule has 0 spiro atoms. The zero-order chi connectivity index (χ0) is 10.4. The average molecular weight is 201 g/mol. The SMILES string of the molecule is COC(C)(C)CNCC1CCOCC1. The number of methoxy groups -OCH3 is 1. The molecule has 0 aromatic heterocycles. The van der Waals surface area contributed by atoms with Gasteiger partial charge in [-0.25, -0.2) is 0 Å². The van der Waals surface area contributed by atoms with E-state index in [9.17, 15) is 0 Å². The summed E-state index contributed by atoms with van der Waals surface area (Å²) in [5.74, 6) is 0.788. The second kappa shape index (κ2) is 5.69. The summed E-state index contributed by atoms with van der Waals surface area (Å²) < 4.78 is 10.7. The highest BCUT2D eigenvalue weighted by Crippen LogP contribution is 2.13. The summed E-state index contributed by atoms with van der Waals surface area (Å²) in [6, 6.07) is 0. The van der Waals surface area contributed by atoms with Gasteiger partial charge in [0.05, 0.1) is 5.60 Å². The molecule has 3 nitrogen and oxygen atoms in total. The van der Waals surface area contributed by atoms with E-state index in [1.165, 1.54) is 12.8 Å². The Balaban J connectivity index is 2.08. The van der Waals surface area contributed by atoms with Crippen LogP contribution in [-0.4, -0.2) is 39.0 Å². The monoisotopic (exact) mass is 201 g/mol. The van der Waals surface area contributed by atoms with Crippen molar-refractivity contribution in [2.24, 2.45) is 5.92 Å². The van der Waals surface area contributed by atoms with Gasteiger partial charge in [-0.15, -0.1) is 0 Å². The van der Waals surface area contributed by atoms with Gasteiger partial charge >= 0.3 is 0 Å². The first-order valence-corrected chi connectivity index (χ1v) is 5.48. The van der Waals surface area contributed by atoms with Crippen molar-refractivity contribution >= 4 is 0 Å². The van der Waals surface area contributed by atoms with Gasteiger partial charge in [-0.05, 0) is 39.2 Å². The Bertz CT molecular complexity index is 153. The third-order valence-corrected chi connectivity index (χ3v) is 2.88. The zero-order valence-electron chi connectivity index (χ0n) is 9.64. The first kappa shape index (κ1) is 12.0. The van der Waals surface area contributed by atoms with Gasteiger partial charge in [0, 0.05) is 26.9 Å². The number of nitrogens with one attached hydrogen (secondary N) is 1. The predicted octanol–water partition coefficient (Wildman–Crippen LogP) is 1.43. The van der Waals surface area contributed by atoms with Crippen LogP contribution in [0, 0.1) is 5.92 Å². The van der Waals surface area contributed by atoms with Gasteiger partial charge in [0.25, 0.3) is 0 Å². The second-order valence-corrected chi connectivity index (χ2v) is 4.65. The quantitative estimate of drug-likeness (QED) is 0.730.